The van der Waals surface area contributed by atoms with Crippen molar-refractivity contribution in [3.8, 4) is 0 Å². The monoisotopic (exact) mass is 453 g/mol. The highest BCUT2D eigenvalue weighted by Crippen LogP contribution is 2.18. The van der Waals surface area contributed by atoms with Crippen LogP contribution in [-0.2, 0) is 29.1 Å². The highest BCUT2D eigenvalue weighted by Gasteiger charge is 2.10. The second kappa shape index (κ2) is 17.1. The fourth-order valence-corrected chi connectivity index (χ4v) is 3.64. The van der Waals surface area contributed by atoms with E-state index < -0.39 is 0 Å². The number of ether oxygens (including phenoxy) is 2. The van der Waals surface area contributed by atoms with Crippen LogP contribution >= 0.6 is 0 Å². The number of azide groups is 1. The maximum atomic E-state index is 8.37. The molecule has 0 saturated heterocycles. The first-order valence-corrected chi connectivity index (χ1v) is 12.0. The molecule has 2 aromatic carbocycles. The van der Waals surface area contributed by atoms with Gasteiger partial charge in [0.1, 0.15) is 6.10 Å². The summed E-state index contributed by atoms with van der Waals surface area (Å²) in [5.74, 6) is 0. The van der Waals surface area contributed by atoms with E-state index in [0.717, 1.165) is 31.7 Å². The van der Waals surface area contributed by atoms with Crippen LogP contribution in [0.1, 0.15) is 61.0 Å². The van der Waals surface area contributed by atoms with Crippen molar-refractivity contribution in [2.24, 2.45) is 5.11 Å². The van der Waals surface area contributed by atoms with Crippen molar-refractivity contribution in [2.45, 2.75) is 58.3 Å². The number of methoxy groups -OCH3 is 1. The van der Waals surface area contributed by atoms with E-state index in [0.29, 0.717) is 19.8 Å². The number of nitrogens with zero attached hydrogens (tertiary/aromatic N) is 3. The van der Waals surface area contributed by atoms with Crippen molar-refractivity contribution < 1.29 is 9.47 Å². The fourth-order valence-electron chi connectivity index (χ4n) is 3.64. The molecule has 2 aromatic rings. The average Bonchev–Trinajstić information content (AvgIpc) is 2.85. The molecular formula is C26H39N5O2. The van der Waals surface area contributed by atoms with Gasteiger partial charge >= 0.3 is 0 Å². The SMILES string of the molecule is CCOC(COC)c1ccc(CNCCCCCCNCc2ccc(CN=[N+]=[N-])cc2)cc1. The molecule has 180 valence electrons. The van der Waals surface area contributed by atoms with Crippen LogP contribution in [0.3, 0.4) is 0 Å². The lowest BCUT2D eigenvalue weighted by Gasteiger charge is -2.17. The zero-order valence-electron chi connectivity index (χ0n) is 20.1. The van der Waals surface area contributed by atoms with Crippen LogP contribution < -0.4 is 10.6 Å². The Morgan fingerprint density at radius 1 is 0.848 bits per heavy atom. The number of unbranched alkanes of at least 4 members (excludes halogenated alkanes) is 3. The van der Waals surface area contributed by atoms with Crippen molar-refractivity contribution in [3.63, 3.8) is 0 Å². The fraction of sp³-hybridized carbons (Fsp3) is 0.538. The third-order valence-corrected chi connectivity index (χ3v) is 5.49. The maximum absolute atomic E-state index is 8.37. The van der Waals surface area contributed by atoms with E-state index in [1.807, 2.05) is 19.1 Å². The molecule has 0 heterocycles. The van der Waals surface area contributed by atoms with Crippen molar-refractivity contribution >= 4 is 0 Å². The van der Waals surface area contributed by atoms with Crippen LogP contribution in [0.15, 0.2) is 53.6 Å². The second-order valence-corrected chi connectivity index (χ2v) is 8.11. The van der Waals surface area contributed by atoms with Gasteiger partial charge in [0.2, 0.25) is 0 Å². The Labute approximate surface area is 198 Å². The summed E-state index contributed by atoms with van der Waals surface area (Å²) in [6.07, 6.45) is 4.89. The van der Waals surface area contributed by atoms with Gasteiger partial charge in [0.25, 0.3) is 0 Å². The maximum Gasteiger partial charge on any atom is 0.106 e. The first-order valence-electron chi connectivity index (χ1n) is 12.0. The molecule has 7 heteroatoms. The molecular weight excluding hydrogens is 414 g/mol. The van der Waals surface area contributed by atoms with E-state index in [9.17, 15) is 0 Å². The van der Waals surface area contributed by atoms with Gasteiger partial charge in [-0.25, -0.2) is 0 Å². The Kier molecular flexibility index (Phi) is 13.9. The second-order valence-electron chi connectivity index (χ2n) is 8.11. The topological polar surface area (TPSA) is 91.3 Å². The number of hydrogen-bond donors (Lipinski definition) is 2. The lowest BCUT2D eigenvalue weighted by atomic mass is 10.1. The summed E-state index contributed by atoms with van der Waals surface area (Å²) in [7, 11) is 1.71. The molecule has 0 aliphatic heterocycles. The number of hydrogen-bond acceptors (Lipinski definition) is 5. The van der Waals surface area contributed by atoms with Gasteiger partial charge in [-0.1, -0.05) is 66.5 Å². The summed E-state index contributed by atoms with van der Waals surface area (Å²) >= 11 is 0. The highest BCUT2D eigenvalue weighted by molar-refractivity contribution is 5.24. The summed E-state index contributed by atoms with van der Waals surface area (Å²) in [4.78, 5) is 2.79. The van der Waals surface area contributed by atoms with E-state index in [-0.39, 0.29) is 6.10 Å². The minimum Gasteiger partial charge on any atom is -0.382 e. The molecule has 1 unspecified atom stereocenters. The van der Waals surface area contributed by atoms with Crippen molar-refractivity contribution in [1.29, 1.82) is 0 Å². The van der Waals surface area contributed by atoms with Crippen LogP contribution in [0.25, 0.3) is 10.4 Å². The van der Waals surface area contributed by atoms with Crippen molar-refractivity contribution in [1.82, 2.24) is 10.6 Å². The quantitative estimate of drug-likeness (QED) is 0.132. The van der Waals surface area contributed by atoms with Crippen molar-refractivity contribution in [3.05, 3.63) is 81.2 Å². The summed E-state index contributed by atoms with van der Waals surface area (Å²) in [6.45, 7) is 7.53. The predicted octanol–water partition coefficient (Wildman–Crippen LogP) is 5.66. The third kappa shape index (κ3) is 11.3. The van der Waals surface area contributed by atoms with E-state index in [1.165, 1.54) is 42.4 Å². The minimum absolute atomic E-state index is 0.00686. The molecule has 7 nitrogen and oxygen atoms in total. The van der Waals surface area contributed by atoms with Gasteiger partial charge in [-0.3, -0.25) is 0 Å². The molecule has 0 bridgehead atoms. The molecule has 0 fully saturated rings. The minimum atomic E-state index is 0.00686. The molecule has 0 aromatic heterocycles. The van der Waals surface area contributed by atoms with E-state index in [2.05, 4.69) is 57.1 Å². The van der Waals surface area contributed by atoms with Gasteiger partial charge in [-0.2, -0.15) is 0 Å². The van der Waals surface area contributed by atoms with Crippen LogP contribution in [0, 0.1) is 0 Å². The normalized spacial score (nSPS) is 11.8. The first-order chi connectivity index (χ1) is 16.3. The smallest absolute Gasteiger partial charge is 0.106 e. The summed E-state index contributed by atoms with van der Waals surface area (Å²) in [5.41, 5.74) is 13.1. The zero-order valence-corrected chi connectivity index (χ0v) is 20.1. The number of nitrogens with one attached hydrogen (secondary N) is 2. The Morgan fingerprint density at radius 2 is 1.39 bits per heavy atom. The molecule has 2 rings (SSSR count). The van der Waals surface area contributed by atoms with Crippen LogP contribution in [0.4, 0.5) is 0 Å². The summed E-state index contributed by atoms with van der Waals surface area (Å²) < 4.78 is 11.0. The molecule has 0 saturated carbocycles. The molecule has 1 atom stereocenters. The molecule has 2 N–H and O–H groups in total. The van der Waals surface area contributed by atoms with Crippen LogP contribution in [0.5, 0.6) is 0 Å². The molecule has 0 spiro atoms. The average molecular weight is 454 g/mol. The van der Waals surface area contributed by atoms with Crippen LogP contribution in [-0.4, -0.2) is 33.4 Å². The van der Waals surface area contributed by atoms with Crippen LogP contribution in [0.2, 0.25) is 0 Å². The largest absolute Gasteiger partial charge is 0.382 e. The molecule has 0 aliphatic rings. The molecule has 0 amide bonds. The van der Waals surface area contributed by atoms with Gasteiger partial charge in [0.05, 0.1) is 13.2 Å². The van der Waals surface area contributed by atoms with Gasteiger partial charge in [0, 0.05) is 31.7 Å². The lowest BCUT2D eigenvalue weighted by Crippen LogP contribution is -2.16. The van der Waals surface area contributed by atoms with E-state index >= 15 is 0 Å². The van der Waals surface area contributed by atoms with Gasteiger partial charge < -0.3 is 20.1 Å². The number of benzene rings is 2. The standard InChI is InChI=1S/C26H39N5O2/c1-3-33-26(21-32-2)25-14-12-23(13-15-25)19-29-17-7-5-4-6-16-28-18-22-8-10-24(11-9-22)20-30-31-27/h8-15,26,28-29H,3-7,16-21H2,1-2H3. The molecule has 33 heavy (non-hydrogen) atoms. The highest BCUT2D eigenvalue weighted by atomic mass is 16.5. The summed E-state index contributed by atoms with van der Waals surface area (Å²) in [5, 5.41) is 10.6. The van der Waals surface area contributed by atoms with E-state index in [1.54, 1.807) is 7.11 Å². The van der Waals surface area contributed by atoms with Crippen molar-refractivity contribution in [2.75, 3.05) is 33.4 Å². The van der Waals surface area contributed by atoms with Gasteiger partial charge in [-0.15, -0.1) is 0 Å². The third-order valence-electron chi connectivity index (χ3n) is 5.49. The number of rotatable bonds is 18. The molecule has 0 radical (unpaired) electrons. The van der Waals surface area contributed by atoms with Gasteiger partial charge in [0.15, 0.2) is 0 Å². The predicted molar refractivity (Wildman–Crippen MR) is 134 cm³/mol. The Bertz CT molecular complexity index is 798. The Balaban J connectivity index is 1.48. The Morgan fingerprint density at radius 3 is 1.91 bits per heavy atom. The zero-order chi connectivity index (χ0) is 23.6. The van der Waals surface area contributed by atoms with Gasteiger partial charge in [-0.05, 0) is 60.6 Å². The summed E-state index contributed by atoms with van der Waals surface area (Å²) in [6, 6.07) is 16.8. The Hall–Kier alpha value is -2.41. The lowest BCUT2D eigenvalue weighted by molar-refractivity contribution is 0.00279. The first kappa shape index (κ1) is 26.8. The molecule has 0 aliphatic carbocycles. The van der Waals surface area contributed by atoms with E-state index in [4.69, 9.17) is 15.0 Å².